The highest BCUT2D eigenvalue weighted by Crippen LogP contribution is 2.46. The van der Waals surface area contributed by atoms with E-state index in [0.29, 0.717) is 24.3 Å². The topological polar surface area (TPSA) is 86.8 Å². The third-order valence-electron chi connectivity index (χ3n) is 6.23. The molecule has 4 rings (SSSR count). The van der Waals surface area contributed by atoms with Gasteiger partial charge in [-0.15, -0.1) is 12.6 Å². The zero-order valence-electron chi connectivity index (χ0n) is 18.0. The highest BCUT2D eigenvalue weighted by atomic mass is 32.1. The summed E-state index contributed by atoms with van der Waals surface area (Å²) in [6.07, 6.45) is 2.60. The summed E-state index contributed by atoms with van der Waals surface area (Å²) < 4.78 is 28.0. The number of nitrogens with two attached hydrogens (primary N) is 1. The Labute approximate surface area is 185 Å². The average molecular weight is 450 g/mol. The van der Waals surface area contributed by atoms with E-state index in [0.717, 1.165) is 19.3 Å². The number of carbonyl (C=O) groups is 1. The fourth-order valence-electron chi connectivity index (χ4n) is 4.46. The Morgan fingerprint density at radius 1 is 1.39 bits per heavy atom. The van der Waals surface area contributed by atoms with E-state index in [1.807, 2.05) is 16.4 Å². The van der Waals surface area contributed by atoms with Crippen LogP contribution < -0.4 is 20.8 Å². The number of thiol groups is 1. The number of anilines is 1. The molecule has 0 amide bonds. The number of pyridine rings is 1. The van der Waals surface area contributed by atoms with Gasteiger partial charge in [0.15, 0.2) is 11.6 Å². The number of fused-ring (bicyclic) bond motifs is 1. The highest BCUT2D eigenvalue weighted by molar-refractivity contribution is 7.80. The van der Waals surface area contributed by atoms with Gasteiger partial charge in [0.2, 0.25) is 5.43 Å². The molecule has 2 N–H and O–H groups in total. The number of methoxy groups -OCH3 is 1. The molecule has 1 aliphatic carbocycles. The van der Waals surface area contributed by atoms with Crippen molar-refractivity contribution in [3.05, 3.63) is 27.7 Å². The maximum absolute atomic E-state index is 15.4. The van der Waals surface area contributed by atoms with E-state index in [1.165, 1.54) is 13.2 Å². The first-order valence-electron chi connectivity index (χ1n) is 10.6. The summed E-state index contributed by atoms with van der Waals surface area (Å²) in [6, 6.07) is 1.27. The second kappa shape index (κ2) is 8.35. The Balaban J connectivity index is 1.99. The molecular formula is C22H28FN3O4S. The second-order valence-corrected chi connectivity index (χ2v) is 8.76. The summed E-state index contributed by atoms with van der Waals surface area (Å²) in [5.74, 6) is -0.778. The van der Waals surface area contributed by atoms with Gasteiger partial charge in [0.05, 0.1) is 29.6 Å². The number of ether oxygens (including phenoxy) is 2. The normalized spacial score (nSPS) is 19.7. The first kappa shape index (κ1) is 22.0. The molecule has 1 aliphatic heterocycles. The molecule has 1 aromatic heterocycles. The maximum Gasteiger partial charge on any atom is 0.344 e. The summed E-state index contributed by atoms with van der Waals surface area (Å²) >= 11 is 4.55. The Kier molecular flexibility index (Phi) is 5.91. The van der Waals surface area contributed by atoms with Crippen molar-refractivity contribution < 1.29 is 18.7 Å². The molecule has 2 fully saturated rings. The van der Waals surface area contributed by atoms with Crippen molar-refractivity contribution in [3.63, 3.8) is 0 Å². The van der Waals surface area contributed by atoms with E-state index in [4.69, 9.17) is 15.2 Å². The standard InChI is InChI=1S/C22H28FN3O4S/c1-4-30-22(28)16-19(27)14-9-15(23)18(25-8-7-12(10-25)11(2)24)20(29-3)17(14)26(21(16)31)13-5-6-13/h9,11-13,31H,4-8,10,24H2,1-3H3/t11-,12+/m0/s1. The van der Waals surface area contributed by atoms with Crippen molar-refractivity contribution >= 4 is 35.2 Å². The quantitative estimate of drug-likeness (QED) is 0.521. The second-order valence-electron chi connectivity index (χ2n) is 8.34. The summed E-state index contributed by atoms with van der Waals surface area (Å²) in [5.41, 5.74) is 6.08. The van der Waals surface area contributed by atoms with Gasteiger partial charge in [-0.1, -0.05) is 0 Å². The largest absolute Gasteiger partial charge is 0.492 e. The number of halogens is 1. The van der Waals surface area contributed by atoms with Crippen LogP contribution in [0.2, 0.25) is 0 Å². The minimum atomic E-state index is -0.753. The number of nitrogens with zero attached hydrogens (tertiary/aromatic N) is 2. The molecule has 2 heterocycles. The third-order valence-corrected chi connectivity index (χ3v) is 6.67. The number of hydrogen-bond acceptors (Lipinski definition) is 7. The number of esters is 1. The van der Waals surface area contributed by atoms with Crippen LogP contribution in [-0.2, 0) is 4.74 Å². The van der Waals surface area contributed by atoms with Crippen molar-refractivity contribution in [2.24, 2.45) is 11.7 Å². The smallest absolute Gasteiger partial charge is 0.344 e. The predicted octanol–water partition coefficient (Wildman–Crippen LogP) is 3.12. The van der Waals surface area contributed by atoms with Crippen LogP contribution in [0.5, 0.6) is 5.75 Å². The monoisotopic (exact) mass is 449 g/mol. The molecule has 1 saturated carbocycles. The van der Waals surface area contributed by atoms with Crippen molar-refractivity contribution in [1.82, 2.24) is 4.57 Å². The van der Waals surface area contributed by atoms with Crippen LogP contribution >= 0.6 is 12.6 Å². The lowest BCUT2D eigenvalue weighted by Crippen LogP contribution is -2.30. The Bertz CT molecular complexity index is 1100. The van der Waals surface area contributed by atoms with Gasteiger partial charge < -0.3 is 24.7 Å². The van der Waals surface area contributed by atoms with Gasteiger partial charge in [0, 0.05) is 25.2 Å². The fraction of sp³-hybridized carbons (Fsp3) is 0.545. The van der Waals surface area contributed by atoms with Crippen LogP contribution in [-0.4, -0.2) is 43.4 Å². The zero-order valence-corrected chi connectivity index (χ0v) is 18.9. The molecule has 0 radical (unpaired) electrons. The first-order valence-corrected chi connectivity index (χ1v) is 11.1. The number of carbonyl (C=O) groups excluding carboxylic acids is 1. The zero-order chi connectivity index (χ0) is 22.4. The van der Waals surface area contributed by atoms with Gasteiger partial charge in [-0.05, 0) is 45.1 Å². The van der Waals surface area contributed by atoms with E-state index in [2.05, 4.69) is 12.6 Å². The summed E-state index contributed by atoms with van der Waals surface area (Å²) in [6.45, 7) is 5.00. The lowest BCUT2D eigenvalue weighted by atomic mass is 10.0. The van der Waals surface area contributed by atoms with Gasteiger partial charge in [-0.25, -0.2) is 9.18 Å². The molecule has 2 atom stereocenters. The summed E-state index contributed by atoms with van der Waals surface area (Å²) in [5, 5.41) is 0.318. The van der Waals surface area contributed by atoms with E-state index < -0.39 is 17.2 Å². The van der Waals surface area contributed by atoms with E-state index in [9.17, 15) is 9.59 Å². The van der Waals surface area contributed by atoms with Crippen LogP contribution in [0.4, 0.5) is 10.1 Å². The van der Waals surface area contributed by atoms with Gasteiger partial charge in [-0.3, -0.25) is 4.79 Å². The molecule has 0 spiro atoms. The van der Waals surface area contributed by atoms with Crippen LogP contribution in [0.1, 0.15) is 49.5 Å². The van der Waals surface area contributed by atoms with Crippen molar-refractivity contribution in [3.8, 4) is 5.75 Å². The minimum Gasteiger partial charge on any atom is -0.492 e. The highest BCUT2D eigenvalue weighted by Gasteiger charge is 2.35. The molecule has 9 heteroatoms. The van der Waals surface area contributed by atoms with Gasteiger partial charge >= 0.3 is 5.97 Å². The molecule has 0 bridgehead atoms. The SMILES string of the molecule is CCOC(=O)c1c(S)n(C2CC2)c2c(OC)c(N3CC[C@@H]([C@H](C)N)C3)c(F)cc2c1=O. The van der Waals surface area contributed by atoms with Gasteiger partial charge in [0.25, 0.3) is 0 Å². The van der Waals surface area contributed by atoms with E-state index in [1.54, 1.807) is 6.92 Å². The Morgan fingerprint density at radius 3 is 2.65 bits per heavy atom. The van der Waals surface area contributed by atoms with Crippen LogP contribution in [0.15, 0.2) is 15.9 Å². The molecule has 1 aromatic carbocycles. The van der Waals surface area contributed by atoms with E-state index in [-0.39, 0.29) is 46.3 Å². The summed E-state index contributed by atoms with van der Waals surface area (Å²) in [7, 11) is 1.47. The minimum absolute atomic E-state index is 0.000313. The van der Waals surface area contributed by atoms with Crippen LogP contribution in [0.3, 0.4) is 0 Å². The Morgan fingerprint density at radius 2 is 2.10 bits per heavy atom. The van der Waals surface area contributed by atoms with Crippen molar-refractivity contribution in [2.75, 3.05) is 31.7 Å². The number of rotatable bonds is 6. The molecule has 168 valence electrons. The lowest BCUT2D eigenvalue weighted by Gasteiger charge is -2.26. The molecule has 2 aliphatic rings. The van der Waals surface area contributed by atoms with Crippen molar-refractivity contribution in [2.45, 2.75) is 50.2 Å². The van der Waals surface area contributed by atoms with Crippen LogP contribution in [0, 0.1) is 11.7 Å². The van der Waals surface area contributed by atoms with Gasteiger partial charge in [0.1, 0.15) is 11.3 Å². The number of aromatic nitrogens is 1. The molecular weight excluding hydrogens is 421 g/mol. The maximum atomic E-state index is 15.4. The average Bonchev–Trinajstić information content (AvgIpc) is 3.43. The Hall–Kier alpha value is -2.26. The first-order chi connectivity index (χ1) is 14.8. The van der Waals surface area contributed by atoms with E-state index >= 15 is 4.39 Å². The fourth-order valence-corrected chi connectivity index (χ4v) is 4.92. The van der Waals surface area contributed by atoms with Gasteiger partial charge in [-0.2, -0.15) is 0 Å². The number of hydrogen-bond donors (Lipinski definition) is 2. The molecule has 2 aromatic rings. The molecule has 31 heavy (non-hydrogen) atoms. The number of benzene rings is 1. The predicted molar refractivity (Wildman–Crippen MR) is 120 cm³/mol. The molecule has 7 nitrogen and oxygen atoms in total. The third kappa shape index (κ3) is 3.67. The van der Waals surface area contributed by atoms with Crippen molar-refractivity contribution in [1.29, 1.82) is 0 Å². The molecule has 0 unspecified atom stereocenters. The summed E-state index contributed by atoms with van der Waals surface area (Å²) in [4.78, 5) is 27.7. The van der Waals surface area contributed by atoms with Crippen LogP contribution in [0.25, 0.3) is 10.9 Å². The lowest BCUT2D eigenvalue weighted by molar-refractivity contribution is 0.0519. The molecule has 1 saturated heterocycles.